The Labute approximate surface area is 130 Å². The van der Waals surface area contributed by atoms with Crippen molar-refractivity contribution in [2.24, 2.45) is 7.05 Å². The van der Waals surface area contributed by atoms with E-state index in [4.69, 9.17) is 5.26 Å². The molecule has 0 fully saturated rings. The van der Waals surface area contributed by atoms with Gasteiger partial charge < -0.3 is 9.47 Å². The second kappa shape index (κ2) is 4.74. The largest absolute Gasteiger partial charge is 0.335 e. The Morgan fingerprint density at radius 1 is 1.18 bits per heavy atom. The third-order valence-electron chi connectivity index (χ3n) is 4.59. The molecule has 112 valence electrons. The van der Waals surface area contributed by atoms with Crippen LogP contribution in [0.15, 0.2) is 30.3 Å². The fraction of sp³-hybridized carbons (Fsp3) is 0.333. The van der Waals surface area contributed by atoms with Crippen molar-refractivity contribution < 1.29 is 4.79 Å². The highest BCUT2D eigenvalue weighted by molar-refractivity contribution is 5.97. The van der Waals surface area contributed by atoms with Gasteiger partial charge in [-0.2, -0.15) is 5.26 Å². The molecule has 4 nitrogen and oxygen atoms in total. The van der Waals surface area contributed by atoms with Gasteiger partial charge in [-0.15, -0.1) is 0 Å². The molecule has 1 aliphatic heterocycles. The van der Waals surface area contributed by atoms with Crippen LogP contribution in [0.2, 0.25) is 0 Å². The van der Waals surface area contributed by atoms with Gasteiger partial charge in [0.15, 0.2) is 0 Å². The monoisotopic (exact) mass is 293 g/mol. The number of carbonyl (C=O) groups is 1. The molecule has 1 aromatic carbocycles. The van der Waals surface area contributed by atoms with Crippen LogP contribution in [0.5, 0.6) is 0 Å². The second-order valence-corrected chi connectivity index (χ2v) is 6.52. The normalized spacial score (nSPS) is 16.3. The van der Waals surface area contributed by atoms with Crippen LogP contribution < -0.4 is 4.90 Å². The summed E-state index contributed by atoms with van der Waals surface area (Å²) in [5, 5.41) is 9.10. The summed E-state index contributed by atoms with van der Waals surface area (Å²) in [6, 6.07) is 12.1. The Kier molecular flexibility index (Phi) is 3.10. The fourth-order valence-corrected chi connectivity index (χ4v) is 3.17. The third-order valence-corrected chi connectivity index (χ3v) is 4.59. The standard InChI is InChI=1S/C18H19N3O/c1-18(2)10-17(22)21(4)16-7-5-12(9-14(16)18)15-8-6-13(11-19)20(15)3/h5-9H,10H2,1-4H3. The maximum Gasteiger partial charge on any atom is 0.227 e. The van der Waals surface area contributed by atoms with Crippen molar-refractivity contribution in [2.45, 2.75) is 25.7 Å². The van der Waals surface area contributed by atoms with Gasteiger partial charge in [-0.25, -0.2) is 0 Å². The fourth-order valence-electron chi connectivity index (χ4n) is 3.17. The molecule has 1 aliphatic rings. The van der Waals surface area contributed by atoms with Crippen LogP contribution in [0.4, 0.5) is 5.69 Å². The second-order valence-electron chi connectivity index (χ2n) is 6.52. The average Bonchev–Trinajstić information content (AvgIpc) is 2.85. The maximum atomic E-state index is 12.1. The van der Waals surface area contributed by atoms with Crippen LogP contribution >= 0.6 is 0 Å². The Morgan fingerprint density at radius 2 is 1.91 bits per heavy atom. The molecule has 0 unspecified atom stereocenters. The minimum atomic E-state index is -0.182. The molecule has 1 amide bonds. The van der Waals surface area contributed by atoms with E-state index in [0.717, 1.165) is 16.9 Å². The van der Waals surface area contributed by atoms with Crippen LogP contribution in [-0.4, -0.2) is 17.5 Å². The number of carbonyl (C=O) groups excluding carboxylic acids is 1. The summed E-state index contributed by atoms with van der Waals surface area (Å²) in [5.41, 5.74) is 4.68. The predicted molar refractivity (Wildman–Crippen MR) is 86.6 cm³/mol. The number of anilines is 1. The Hall–Kier alpha value is -2.54. The molecular weight excluding hydrogens is 274 g/mol. The number of fused-ring (bicyclic) bond motifs is 1. The minimum Gasteiger partial charge on any atom is -0.335 e. The highest BCUT2D eigenvalue weighted by Gasteiger charge is 2.35. The van der Waals surface area contributed by atoms with Crippen LogP contribution in [0.25, 0.3) is 11.3 Å². The predicted octanol–water partition coefficient (Wildman–Crippen LogP) is 3.21. The number of aromatic nitrogens is 1. The van der Waals surface area contributed by atoms with Crippen LogP contribution in [0.3, 0.4) is 0 Å². The summed E-state index contributed by atoms with van der Waals surface area (Å²) in [7, 11) is 3.72. The first-order valence-corrected chi connectivity index (χ1v) is 7.32. The van der Waals surface area contributed by atoms with Crippen molar-refractivity contribution in [1.29, 1.82) is 5.26 Å². The third kappa shape index (κ3) is 2.01. The van der Waals surface area contributed by atoms with Gasteiger partial charge >= 0.3 is 0 Å². The van der Waals surface area contributed by atoms with E-state index in [2.05, 4.69) is 26.0 Å². The van der Waals surface area contributed by atoms with E-state index in [1.165, 1.54) is 5.56 Å². The molecule has 4 heteroatoms. The van der Waals surface area contributed by atoms with E-state index in [1.807, 2.05) is 42.9 Å². The molecule has 0 aliphatic carbocycles. The Bertz CT molecular complexity index is 808. The first-order valence-electron chi connectivity index (χ1n) is 7.32. The average molecular weight is 293 g/mol. The van der Waals surface area contributed by atoms with Crippen molar-refractivity contribution in [3.8, 4) is 17.3 Å². The van der Waals surface area contributed by atoms with E-state index >= 15 is 0 Å². The molecule has 0 saturated carbocycles. The summed E-state index contributed by atoms with van der Waals surface area (Å²) >= 11 is 0. The lowest BCUT2D eigenvalue weighted by Crippen LogP contribution is -2.39. The van der Waals surface area contributed by atoms with Crippen LogP contribution in [0.1, 0.15) is 31.5 Å². The number of hydrogen-bond acceptors (Lipinski definition) is 2. The van der Waals surface area contributed by atoms with E-state index in [9.17, 15) is 4.79 Å². The number of hydrogen-bond donors (Lipinski definition) is 0. The molecule has 1 aromatic heterocycles. The quantitative estimate of drug-likeness (QED) is 0.810. The van der Waals surface area contributed by atoms with Gasteiger partial charge in [-0.05, 0) is 35.4 Å². The summed E-state index contributed by atoms with van der Waals surface area (Å²) in [4.78, 5) is 13.8. The summed E-state index contributed by atoms with van der Waals surface area (Å²) < 4.78 is 1.90. The first kappa shape index (κ1) is 14.4. The summed E-state index contributed by atoms with van der Waals surface area (Å²) in [5.74, 6) is 0.149. The van der Waals surface area contributed by atoms with Gasteiger partial charge in [0.05, 0.1) is 0 Å². The highest BCUT2D eigenvalue weighted by Crippen LogP contribution is 2.41. The molecule has 0 saturated heterocycles. The molecule has 2 aromatic rings. The molecule has 0 radical (unpaired) electrons. The Morgan fingerprint density at radius 3 is 2.55 bits per heavy atom. The molecule has 0 spiro atoms. The molecule has 0 atom stereocenters. The number of benzene rings is 1. The lowest BCUT2D eigenvalue weighted by Gasteiger charge is -2.37. The zero-order valence-corrected chi connectivity index (χ0v) is 13.3. The van der Waals surface area contributed by atoms with Gasteiger partial charge in [0.25, 0.3) is 0 Å². The van der Waals surface area contributed by atoms with E-state index in [-0.39, 0.29) is 11.3 Å². The van der Waals surface area contributed by atoms with Crippen molar-refractivity contribution in [1.82, 2.24) is 4.57 Å². The molecule has 2 heterocycles. The number of nitrogens with zero attached hydrogens (tertiary/aromatic N) is 3. The molecule has 0 bridgehead atoms. The van der Waals surface area contributed by atoms with E-state index in [0.29, 0.717) is 12.1 Å². The van der Waals surface area contributed by atoms with Gasteiger partial charge in [0, 0.05) is 37.3 Å². The van der Waals surface area contributed by atoms with Gasteiger partial charge in [0.2, 0.25) is 5.91 Å². The van der Waals surface area contributed by atoms with Gasteiger partial charge in [-0.1, -0.05) is 19.9 Å². The van der Waals surface area contributed by atoms with E-state index < -0.39 is 0 Å². The lowest BCUT2D eigenvalue weighted by molar-refractivity contribution is -0.119. The summed E-state index contributed by atoms with van der Waals surface area (Å²) in [6.07, 6.45) is 0.510. The van der Waals surface area contributed by atoms with Crippen LogP contribution in [-0.2, 0) is 17.3 Å². The number of amides is 1. The molecule has 3 rings (SSSR count). The molecular formula is C18H19N3O. The van der Waals surface area contributed by atoms with Crippen molar-refractivity contribution in [2.75, 3.05) is 11.9 Å². The Balaban J connectivity index is 2.17. The smallest absolute Gasteiger partial charge is 0.227 e. The van der Waals surface area contributed by atoms with Crippen molar-refractivity contribution >= 4 is 11.6 Å². The summed E-state index contributed by atoms with van der Waals surface area (Å²) in [6.45, 7) is 4.21. The molecule has 0 N–H and O–H groups in total. The van der Waals surface area contributed by atoms with E-state index in [1.54, 1.807) is 4.90 Å². The number of rotatable bonds is 1. The van der Waals surface area contributed by atoms with Crippen molar-refractivity contribution in [3.05, 3.63) is 41.6 Å². The molecule has 22 heavy (non-hydrogen) atoms. The highest BCUT2D eigenvalue weighted by atomic mass is 16.2. The van der Waals surface area contributed by atoms with Crippen molar-refractivity contribution in [3.63, 3.8) is 0 Å². The topological polar surface area (TPSA) is 49.0 Å². The lowest BCUT2D eigenvalue weighted by atomic mass is 9.76. The zero-order chi connectivity index (χ0) is 16.1. The zero-order valence-electron chi connectivity index (χ0n) is 13.3. The van der Waals surface area contributed by atoms with Crippen LogP contribution in [0, 0.1) is 11.3 Å². The minimum absolute atomic E-state index is 0.149. The van der Waals surface area contributed by atoms with Gasteiger partial charge in [0.1, 0.15) is 11.8 Å². The number of nitriles is 1. The first-order chi connectivity index (χ1) is 10.3. The van der Waals surface area contributed by atoms with Gasteiger partial charge in [-0.3, -0.25) is 4.79 Å². The maximum absolute atomic E-state index is 12.1. The SMILES string of the molecule is CN1C(=O)CC(C)(C)c2cc(-c3ccc(C#N)n3C)ccc21.